The summed E-state index contributed by atoms with van der Waals surface area (Å²) in [4.78, 5) is 26.8. The predicted octanol–water partition coefficient (Wildman–Crippen LogP) is 4.63. The zero-order valence-corrected chi connectivity index (χ0v) is 20.6. The Balaban J connectivity index is 1.65. The van der Waals surface area contributed by atoms with Crippen molar-refractivity contribution in [1.82, 2.24) is 4.90 Å². The highest BCUT2D eigenvalue weighted by Gasteiger charge is 2.42. The second-order valence-corrected chi connectivity index (χ2v) is 9.41. The summed E-state index contributed by atoms with van der Waals surface area (Å²) in [5.41, 5.74) is 4.27. The minimum atomic E-state index is -1.16. The molecular weight excluding hydrogens is 472 g/mol. The normalized spacial score (nSPS) is 18.5. The van der Waals surface area contributed by atoms with Gasteiger partial charge in [-0.25, -0.2) is 0 Å². The van der Waals surface area contributed by atoms with E-state index in [1.807, 2.05) is 24.3 Å². The lowest BCUT2D eigenvalue weighted by molar-refractivity contribution is -0.140. The summed E-state index contributed by atoms with van der Waals surface area (Å²) in [5, 5.41) is 9.01. The first-order chi connectivity index (χ1) is 16.3. The molecule has 2 aromatic carbocycles. The number of carbonyl (C=O) groups excluding carboxylic acids is 1. The van der Waals surface area contributed by atoms with Gasteiger partial charge in [0, 0.05) is 47.6 Å². The fourth-order valence-corrected chi connectivity index (χ4v) is 5.20. The number of carboxylic acid groups (broad SMARTS) is 1. The summed E-state index contributed by atoms with van der Waals surface area (Å²) in [7, 11) is 3.29. The maximum Gasteiger partial charge on any atom is 0.323 e. The van der Waals surface area contributed by atoms with E-state index in [9.17, 15) is 9.59 Å². The van der Waals surface area contributed by atoms with Gasteiger partial charge in [0.15, 0.2) is 0 Å². The number of hydrogen-bond acceptors (Lipinski definition) is 6. The molecule has 4 rings (SSSR count). The van der Waals surface area contributed by atoms with Gasteiger partial charge in [0.2, 0.25) is 0 Å². The molecule has 1 fully saturated rings. The van der Waals surface area contributed by atoms with Crippen LogP contribution in [0.2, 0.25) is 0 Å². The van der Waals surface area contributed by atoms with Crippen molar-refractivity contribution in [2.24, 2.45) is 0 Å². The number of thiol groups is 1. The quantitative estimate of drug-likeness (QED) is 0.327. The topological polar surface area (TPSA) is 79.3 Å². The number of methoxy groups -OCH3 is 2. The molecule has 1 aliphatic heterocycles. The van der Waals surface area contributed by atoms with Crippen molar-refractivity contribution in [2.45, 2.75) is 31.2 Å². The van der Waals surface area contributed by atoms with Crippen molar-refractivity contribution < 1.29 is 24.2 Å². The number of carbonyl (C=O) groups is 2. The molecule has 2 atom stereocenters. The molecule has 1 amide bonds. The van der Waals surface area contributed by atoms with E-state index in [1.54, 1.807) is 20.3 Å². The average molecular weight is 499 g/mol. The molecular formula is C25H26N2O5S2. The zero-order valence-electron chi connectivity index (χ0n) is 18.9. The van der Waals surface area contributed by atoms with Crippen molar-refractivity contribution in [3.63, 3.8) is 0 Å². The van der Waals surface area contributed by atoms with Crippen LogP contribution in [0.15, 0.2) is 42.5 Å². The Morgan fingerprint density at radius 1 is 1.18 bits per heavy atom. The molecule has 0 aromatic heterocycles. The minimum absolute atomic E-state index is 0.0795. The van der Waals surface area contributed by atoms with Gasteiger partial charge in [0.05, 0.1) is 14.2 Å². The molecule has 0 bridgehead atoms. The van der Waals surface area contributed by atoms with Crippen LogP contribution in [-0.2, 0) is 9.59 Å². The van der Waals surface area contributed by atoms with Crippen LogP contribution in [0.5, 0.6) is 11.5 Å². The van der Waals surface area contributed by atoms with Crippen molar-refractivity contribution in [3.05, 3.63) is 53.6 Å². The molecule has 9 heteroatoms. The van der Waals surface area contributed by atoms with Crippen LogP contribution in [0.4, 0.5) is 11.4 Å². The molecule has 7 nitrogen and oxygen atoms in total. The third-order valence-corrected chi connectivity index (χ3v) is 6.81. The molecule has 2 aromatic rings. The summed E-state index contributed by atoms with van der Waals surface area (Å²) < 4.78 is 10.9. The summed E-state index contributed by atoms with van der Waals surface area (Å²) in [6.45, 7) is -0.529. The van der Waals surface area contributed by atoms with Crippen LogP contribution < -0.4 is 14.4 Å². The van der Waals surface area contributed by atoms with Crippen molar-refractivity contribution in [3.8, 4) is 11.5 Å². The van der Waals surface area contributed by atoms with Gasteiger partial charge in [-0.15, -0.1) is 12.6 Å². The molecule has 0 spiro atoms. The number of hydrogen-bond donors (Lipinski definition) is 2. The highest BCUT2D eigenvalue weighted by molar-refractivity contribution is 8.11. The molecule has 178 valence electrons. The van der Waals surface area contributed by atoms with E-state index >= 15 is 0 Å². The largest absolute Gasteiger partial charge is 0.497 e. The van der Waals surface area contributed by atoms with E-state index in [0.717, 1.165) is 52.6 Å². The second kappa shape index (κ2) is 10.1. The van der Waals surface area contributed by atoms with Gasteiger partial charge in [-0.2, -0.15) is 0 Å². The maximum atomic E-state index is 12.5. The number of nitrogens with zero attached hydrogens (tertiary/aromatic N) is 2. The number of ether oxygens (including phenoxy) is 2. The van der Waals surface area contributed by atoms with Crippen LogP contribution in [0.3, 0.4) is 0 Å². The first kappa shape index (κ1) is 24.1. The van der Waals surface area contributed by atoms with Crippen LogP contribution >= 0.6 is 24.8 Å². The first-order valence-electron chi connectivity index (χ1n) is 10.9. The summed E-state index contributed by atoms with van der Waals surface area (Å²) >= 11 is 8.87. The Morgan fingerprint density at radius 2 is 1.88 bits per heavy atom. The molecule has 1 heterocycles. The molecule has 2 unspecified atom stereocenters. The standard InChI is InChI=1S/C25H26N2O5S2/c1-31-17-11-16(12-18(13-17)32-2)27-21-5-3-4-19(21)20-10-15(6-8-22(20)27)7-9-23(28)26(25(33)34)14-24(29)30/h6-13,19,21H,3-5,14H2,1-2H3,(H,29,30)(H,33,34)/b9-7+. The first-order valence-corrected chi connectivity index (χ1v) is 11.8. The Hall–Kier alpha value is -3.04. The van der Waals surface area contributed by atoms with E-state index in [4.69, 9.17) is 26.8 Å². The monoisotopic (exact) mass is 498 g/mol. The lowest BCUT2D eigenvalue weighted by Gasteiger charge is -2.28. The van der Waals surface area contributed by atoms with E-state index in [2.05, 4.69) is 29.7 Å². The van der Waals surface area contributed by atoms with Gasteiger partial charge < -0.3 is 19.5 Å². The summed E-state index contributed by atoms with van der Waals surface area (Å²) in [6, 6.07) is 12.4. The number of aliphatic carboxylic acids is 1. The lowest BCUT2D eigenvalue weighted by Crippen LogP contribution is -2.36. The molecule has 0 saturated heterocycles. The van der Waals surface area contributed by atoms with Gasteiger partial charge in [0.25, 0.3) is 5.91 Å². The van der Waals surface area contributed by atoms with Gasteiger partial charge in [-0.05, 0) is 42.2 Å². The number of fused-ring (bicyclic) bond motifs is 3. The number of thiocarbonyl (C=S) groups is 1. The van der Waals surface area contributed by atoms with Crippen LogP contribution in [0, 0.1) is 0 Å². The minimum Gasteiger partial charge on any atom is -0.497 e. The van der Waals surface area contributed by atoms with Gasteiger partial charge in [-0.3, -0.25) is 14.5 Å². The highest BCUT2D eigenvalue weighted by atomic mass is 32.1. The Morgan fingerprint density at radius 3 is 2.50 bits per heavy atom. The number of amides is 1. The number of carboxylic acids is 1. The van der Waals surface area contributed by atoms with E-state index < -0.39 is 18.4 Å². The number of rotatable bonds is 7. The molecule has 2 aliphatic rings. The lowest BCUT2D eigenvalue weighted by atomic mass is 9.96. The Labute approximate surface area is 209 Å². The zero-order chi connectivity index (χ0) is 24.4. The second-order valence-electron chi connectivity index (χ2n) is 8.30. The smallest absolute Gasteiger partial charge is 0.323 e. The molecule has 0 radical (unpaired) electrons. The van der Waals surface area contributed by atoms with E-state index in [1.165, 1.54) is 11.6 Å². The Kier molecular flexibility index (Phi) is 7.13. The fraction of sp³-hybridized carbons (Fsp3) is 0.320. The van der Waals surface area contributed by atoms with E-state index in [0.29, 0.717) is 12.0 Å². The van der Waals surface area contributed by atoms with Gasteiger partial charge in [-0.1, -0.05) is 24.7 Å². The molecule has 1 saturated carbocycles. The van der Waals surface area contributed by atoms with Gasteiger partial charge in [0.1, 0.15) is 22.4 Å². The molecule has 1 aliphatic carbocycles. The molecule has 34 heavy (non-hydrogen) atoms. The van der Waals surface area contributed by atoms with Crippen molar-refractivity contribution in [2.75, 3.05) is 25.7 Å². The number of anilines is 2. The van der Waals surface area contributed by atoms with Gasteiger partial charge >= 0.3 is 5.97 Å². The third kappa shape index (κ3) is 4.76. The van der Waals surface area contributed by atoms with Crippen LogP contribution in [-0.4, -0.2) is 53.0 Å². The van der Waals surface area contributed by atoms with E-state index in [-0.39, 0.29) is 4.32 Å². The van der Waals surface area contributed by atoms with Crippen LogP contribution in [0.1, 0.15) is 36.3 Å². The number of benzene rings is 2. The highest BCUT2D eigenvalue weighted by Crippen LogP contribution is 2.53. The van der Waals surface area contributed by atoms with Crippen molar-refractivity contribution >= 4 is 58.5 Å². The fourth-order valence-electron chi connectivity index (χ4n) is 4.88. The summed E-state index contributed by atoms with van der Waals surface area (Å²) in [6.07, 6.45) is 6.35. The average Bonchev–Trinajstić information content (AvgIpc) is 3.41. The summed E-state index contributed by atoms with van der Waals surface area (Å²) in [5.74, 6) is 0.195. The predicted molar refractivity (Wildman–Crippen MR) is 138 cm³/mol. The SMILES string of the molecule is COc1cc(OC)cc(N2c3ccc(/C=C/C(=O)N(CC(=O)O)C(=S)S)cc3C3CCCC32)c1. The van der Waals surface area contributed by atoms with Crippen molar-refractivity contribution in [1.29, 1.82) is 0 Å². The Bertz CT molecular complexity index is 1140. The molecule has 1 N–H and O–H groups in total. The third-order valence-electron chi connectivity index (χ3n) is 6.34. The maximum absolute atomic E-state index is 12.5. The van der Waals surface area contributed by atoms with Crippen LogP contribution in [0.25, 0.3) is 6.08 Å².